The molecule has 0 amide bonds. The first-order valence-corrected chi connectivity index (χ1v) is 9.97. The number of carbonyl (C=O) groups is 1. The number of ether oxygens (including phenoxy) is 2. The second kappa shape index (κ2) is 9.51. The summed E-state index contributed by atoms with van der Waals surface area (Å²) in [4.78, 5) is 25.4. The van der Waals surface area contributed by atoms with Crippen molar-refractivity contribution in [3.05, 3.63) is 83.7 Å². The number of halogens is 1. The van der Waals surface area contributed by atoms with Gasteiger partial charge in [-0.15, -0.1) is 0 Å². The first-order valence-electron chi connectivity index (χ1n) is 9.59. The summed E-state index contributed by atoms with van der Waals surface area (Å²) in [6.45, 7) is 0.119. The SMILES string of the molecule is COCc1c(C(=O)O)ncc2[nH]c3cccc(Oc4ccc(Cl)cc4)c3c12.c1c[nH]cn1. The number of rotatable bonds is 5. The molecule has 0 atom stereocenters. The van der Waals surface area contributed by atoms with Gasteiger partial charge in [0.2, 0.25) is 0 Å². The van der Waals surface area contributed by atoms with Crippen LogP contribution in [0.15, 0.2) is 67.4 Å². The fourth-order valence-corrected chi connectivity index (χ4v) is 3.50. The molecule has 0 aliphatic carbocycles. The molecule has 9 heteroatoms. The normalized spacial score (nSPS) is 10.7. The van der Waals surface area contributed by atoms with Crippen LogP contribution in [0.5, 0.6) is 11.5 Å². The number of methoxy groups -OCH3 is 1. The molecule has 0 saturated heterocycles. The summed E-state index contributed by atoms with van der Waals surface area (Å²) in [5, 5.41) is 11.6. The molecule has 3 heterocycles. The summed E-state index contributed by atoms with van der Waals surface area (Å²) in [6, 6.07) is 12.6. The highest BCUT2D eigenvalue weighted by Gasteiger charge is 2.20. The van der Waals surface area contributed by atoms with Gasteiger partial charge in [-0.1, -0.05) is 17.7 Å². The van der Waals surface area contributed by atoms with Gasteiger partial charge in [0.15, 0.2) is 5.69 Å². The van der Waals surface area contributed by atoms with Crippen molar-refractivity contribution in [3.63, 3.8) is 0 Å². The van der Waals surface area contributed by atoms with Crippen LogP contribution in [0, 0.1) is 0 Å². The zero-order chi connectivity index (χ0) is 22.5. The number of H-pyrrole nitrogens is 2. The average Bonchev–Trinajstić information content (AvgIpc) is 3.47. The number of carboxylic acid groups (broad SMARTS) is 1. The average molecular weight is 451 g/mol. The summed E-state index contributed by atoms with van der Waals surface area (Å²) in [5.41, 5.74) is 2.00. The van der Waals surface area contributed by atoms with Crippen LogP contribution in [0.25, 0.3) is 21.8 Å². The molecule has 0 saturated carbocycles. The van der Waals surface area contributed by atoms with Crippen molar-refractivity contribution in [3.8, 4) is 11.5 Å². The Labute approximate surface area is 187 Å². The van der Waals surface area contributed by atoms with E-state index in [4.69, 9.17) is 21.1 Å². The molecule has 5 aromatic rings. The van der Waals surface area contributed by atoms with E-state index in [-0.39, 0.29) is 12.3 Å². The van der Waals surface area contributed by atoms with Crippen molar-refractivity contribution in [2.24, 2.45) is 0 Å². The number of nitrogens with one attached hydrogen (secondary N) is 2. The highest BCUT2D eigenvalue weighted by atomic mass is 35.5. The smallest absolute Gasteiger partial charge is 0.354 e. The Kier molecular flexibility index (Phi) is 6.34. The van der Waals surface area contributed by atoms with E-state index < -0.39 is 5.97 Å². The lowest BCUT2D eigenvalue weighted by Crippen LogP contribution is -2.07. The highest BCUT2D eigenvalue weighted by molar-refractivity contribution is 6.30. The fourth-order valence-electron chi connectivity index (χ4n) is 3.37. The van der Waals surface area contributed by atoms with Gasteiger partial charge >= 0.3 is 5.97 Å². The molecule has 0 bridgehead atoms. The van der Waals surface area contributed by atoms with Gasteiger partial charge in [-0.2, -0.15) is 0 Å². The van der Waals surface area contributed by atoms with E-state index in [9.17, 15) is 9.90 Å². The number of fused-ring (bicyclic) bond motifs is 3. The number of nitrogens with zero attached hydrogens (tertiary/aromatic N) is 2. The third kappa shape index (κ3) is 4.41. The maximum atomic E-state index is 11.6. The quantitative estimate of drug-likeness (QED) is 0.329. The third-order valence-corrected chi connectivity index (χ3v) is 4.92. The second-order valence-corrected chi connectivity index (χ2v) is 7.17. The molecule has 8 nitrogen and oxygen atoms in total. The van der Waals surface area contributed by atoms with Crippen LogP contribution < -0.4 is 4.74 Å². The van der Waals surface area contributed by atoms with Crippen LogP contribution >= 0.6 is 11.6 Å². The number of aromatic amines is 2. The van der Waals surface area contributed by atoms with E-state index in [0.717, 1.165) is 16.3 Å². The maximum absolute atomic E-state index is 11.6. The predicted octanol–water partition coefficient (Wildman–Crippen LogP) is 5.42. The number of hydrogen-bond acceptors (Lipinski definition) is 5. The minimum atomic E-state index is -1.10. The van der Waals surface area contributed by atoms with E-state index in [1.165, 1.54) is 13.3 Å². The Bertz CT molecular complexity index is 1330. The Morgan fingerprint density at radius 2 is 1.94 bits per heavy atom. The standard InChI is InChI=1S/C20H15ClN2O4.C3H4N2/c1-26-10-13-17-15(9-22-19(13)20(24)25)23-14-3-2-4-16(18(14)17)27-12-7-5-11(21)6-8-12;1-2-5-3-4-1/h2-9,23H,10H2,1H3,(H,24,25);1-3H,(H,4,5). The number of aromatic carboxylic acids is 1. The lowest BCUT2D eigenvalue weighted by atomic mass is 10.1. The zero-order valence-electron chi connectivity index (χ0n) is 17.0. The summed E-state index contributed by atoms with van der Waals surface area (Å²) >= 11 is 5.94. The summed E-state index contributed by atoms with van der Waals surface area (Å²) in [7, 11) is 1.52. The Morgan fingerprint density at radius 1 is 1.12 bits per heavy atom. The molecule has 0 aliphatic rings. The van der Waals surface area contributed by atoms with Crippen molar-refractivity contribution in [1.82, 2.24) is 19.9 Å². The molecule has 0 spiro atoms. The van der Waals surface area contributed by atoms with Gasteiger partial charge < -0.3 is 24.5 Å². The Hall–Kier alpha value is -3.88. The van der Waals surface area contributed by atoms with Crippen LogP contribution in [-0.2, 0) is 11.3 Å². The first-order chi connectivity index (χ1) is 15.6. The van der Waals surface area contributed by atoms with Crippen molar-refractivity contribution in [2.75, 3.05) is 7.11 Å². The zero-order valence-corrected chi connectivity index (χ0v) is 17.8. The fraction of sp³-hybridized carbons (Fsp3) is 0.0870. The van der Waals surface area contributed by atoms with Gasteiger partial charge in [0, 0.05) is 35.5 Å². The van der Waals surface area contributed by atoms with Gasteiger partial charge in [0.1, 0.15) is 11.5 Å². The minimum absolute atomic E-state index is 0.0356. The number of imidazole rings is 1. The van der Waals surface area contributed by atoms with Crippen LogP contribution in [0.1, 0.15) is 16.1 Å². The largest absolute Gasteiger partial charge is 0.477 e. The molecule has 0 unspecified atom stereocenters. The van der Waals surface area contributed by atoms with Crippen LogP contribution in [0.3, 0.4) is 0 Å². The van der Waals surface area contributed by atoms with Gasteiger partial charge in [-0.3, -0.25) is 0 Å². The maximum Gasteiger partial charge on any atom is 0.354 e. The van der Waals surface area contributed by atoms with Crippen LogP contribution in [0.2, 0.25) is 5.02 Å². The number of hydrogen-bond donors (Lipinski definition) is 3. The molecular formula is C23H19ClN4O4. The van der Waals surface area contributed by atoms with Gasteiger partial charge in [-0.05, 0) is 36.4 Å². The van der Waals surface area contributed by atoms with Crippen molar-refractivity contribution in [2.45, 2.75) is 6.61 Å². The van der Waals surface area contributed by atoms with E-state index in [0.29, 0.717) is 27.6 Å². The van der Waals surface area contributed by atoms with E-state index in [2.05, 4.69) is 19.9 Å². The Morgan fingerprint density at radius 3 is 2.56 bits per heavy atom. The minimum Gasteiger partial charge on any atom is -0.477 e. The Balaban J connectivity index is 0.000000433. The second-order valence-electron chi connectivity index (χ2n) is 6.73. The van der Waals surface area contributed by atoms with Gasteiger partial charge in [0.05, 0.1) is 35.6 Å². The third-order valence-electron chi connectivity index (χ3n) is 4.66. The van der Waals surface area contributed by atoms with Crippen molar-refractivity contribution >= 4 is 39.4 Å². The van der Waals surface area contributed by atoms with Crippen LogP contribution in [-0.4, -0.2) is 38.1 Å². The number of pyridine rings is 1. The van der Waals surface area contributed by atoms with E-state index >= 15 is 0 Å². The molecule has 2 aromatic carbocycles. The molecule has 3 aromatic heterocycles. The van der Waals surface area contributed by atoms with Crippen LogP contribution in [0.4, 0.5) is 0 Å². The molecule has 0 radical (unpaired) electrons. The van der Waals surface area contributed by atoms with Crippen molar-refractivity contribution < 1.29 is 19.4 Å². The molecule has 32 heavy (non-hydrogen) atoms. The van der Waals surface area contributed by atoms with Gasteiger partial charge in [-0.25, -0.2) is 14.8 Å². The van der Waals surface area contributed by atoms with E-state index in [1.54, 1.807) is 43.0 Å². The summed E-state index contributed by atoms with van der Waals surface area (Å²) < 4.78 is 11.3. The number of benzene rings is 2. The van der Waals surface area contributed by atoms with E-state index in [1.807, 2.05) is 18.2 Å². The van der Waals surface area contributed by atoms with Crippen molar-refractivity contribution in [1.29, 1.82) is 0 Å². The summed E-state index contributed by atoms with van der Waals surface area (Å²) in [6.07, 6.45) is 6.60. The first kappa shape index (κ1) is 21.4. The number of aromatic nitrogens is 4. The lowest BCUT2D eigenvalue weighted by Gasteiger charge is -2.10. The molecule has 5 rings (SSSR count). The lowest BCUT2D eigenvalue weighted by molar-refractivity contribution is 0.0685. The molecule has 0 aliphatic heterocycles. The molecule has 162 valence electrons. The molecule has 0 fully saturated rings. The topological polar surface area (TPSA) is 113 Å². The summed E-state index contributed by atoms with van der Waals surface area (Å²) in [5.74, 6) is 0.123. The number of carboxylic acids is 1. The monoisotopic (exact) mass is 450 g/mol. The molecular weight excluding hydrogens is 432 g/mol. The predicted molar refractivity (Wildman–Crippen MR) is 121 cm³/mol. The van der Waals surface area contributed by atoms with Gasteiger partial charge in [0.25, 0.3) is 0 Å². The highest BCUT2D eigenvalue weighted by Crippen LogP contribution is 2.38. The molecule has 3 N–H and O–H groups in total.